The number of nitrogens with one attached hydrogen (secondary N) is 1. The van der Waals surface area contributed by atoms with E-state index in [1.807, 2.05) is 24.3 Å². The smallest absolute Gasteiger partial charge is 0.169 e. The molecule has 3 rings (SSSR count). The van der Waals surface area contributed by atoms with Crippen molar-refractivity contribution in [3.05, 3.63) is 24.3 Å². The quantitative estimate of drug-likeness (QED) is 0.829. The lowest BCUT2D eigenvalue weighted by molar-refractivity contribution is 0.306. The van der Waals surface area contributed by atoms with E-state index in [1.54, 1.807) is 0 Å². The summed E-state index contributed by atoms with van der Waals surface area (Å²) in [5.41, 5.74) is 7.80. The second kappa shape index (κ2) is 3.58. The Bertz CT molecular complexity index is 560. The van der Waals surface area contributed by atoms with E-state index in [0.717, 1.165) is 11.0 Å². The molecule has 3 N–H and O–H groups in total. The Labute approximate surface area is 100 Å². The summed E-state index contributed by atoms with van der Waals surface area (Å²) >= 11 is 0. The first-order chi connectivity index (χ1) is 8.16. The summed E-state index contributed by atoms with van der Waals surface area (Å²) in [5, 5.41) is 3.42. The van der Waals surface area contributed by atoms with E-state index in [0.29, 0.717) is 11.6 Å². The first-order valence-electron chi connectivity index (χ1n) is 5.97. The first kappa shape index (κ1) is 10.3. The molecule has 1 aromatic carbocycles. The molecule has 1 heterocycles. The number of anilines is 2. The Morgan fingerprint density at radius 3 is 2.41 bits per heavy atom. The second-order valence-electron chi connectivity index (χ2n) is 4.99. The summed E-state index contributed by atoms with van der Waals surface area (Å²) in [6.07, 6.45) is 3.60. The van der Waals surface area contributed by atoms with Gasteiger partial charge in [-0.25, -0.2) is 9.97 Å². The molecule has 17 heavy (non-hydrogen) atoms. The second-order valence-corrected chi connectivity index (χ2v) is 4.99. The third kappa shape index (κ3) is 1.79. The fourth-order valence-corrected chi connectivity index (χ4v) is 2.22. The van der Waals surface area contributed by atoms with Gasteiger partial charge in [-0.1, -0.05) is 12.1 Å². The third-order valence-corrected chi connectivity index (χ3v) is 3.47. The van der Waals surface area contributed by atoms with Gasteiger partial charge in [0.1, 0.15) is 0 Å². The monoisotopic (exact) mass is 228 g/mol. The molecule has 0 amide bonds. The van der Waals surface area contributed by atoms with E-state index in [4.69, 9.17) is 5.73 Å². The van der Waals surface area contributed by atoms with Gasteiger partial charge in [0.05, 0.1) is 11.0 Å². The predicted octanol–water partition coefficient (Wildman–Crippen LogP) is 2.57. The molecule has 0 saturated heterocycles. The minimum absolute atomic E-state index is 0.144. The zero-order chi connectivity index (χ0) is 11.9. The molecule has 0 radical (unpaired) electrons. The van der Waals surface area contributed by atoms with Crippen LogP contribution in [-0.4, -0.2) is 15.5 Å². The Balaban J connectivity index is 2.01. The van der Waals surface area contributed by atoms with Gasteiger partial charge >= 0.3 is 0 Å². The van der Waals surface area contributed by atoms with E-state index in [-0.39, 0.29) is 5.54 Å². The number of benzene rings is 1. The van der Waals surface area contributed by atoms with Crippen molar-refractivity contribution >= 4 is 22.7 Å². The number of fused-ring (bicyclic) bond motifs is 1. The van der Waals surface area contributed by atoms with Gasteiger partial charge in [-0.15, -0.1) is 0 Å². The highest BCUT2D eigenvalue weighted by atomic mass is 15.1. The fourth-order valence-electron chi connectivity index (χ4n) is 2.22. The third-order valence-electron chi connectivity index (χ3n) is 3.47. The SMILES string of the molecule is CC1(Nc2nc3ccccc3nc2N)CCC1. The number of hydrogen-bond acceptors (Lipinski definition) is 4. The van der Waals surface area contributed by atoms with Crippen LogP contribution in [0, 0.1) is 0 Å². The molecule has 88 valence electrons. The number of nitrogens with zero attached hydrogens (tertiary/aromatic N) is 2. The van der Waals surface area contributed by atoms with Gasteiger partial charge in [-0.2, -0.15) is 0 Å². The zero-order valence-corrected chi connectivity index (χ0v) is 9.90. The van der Waals surface area contributed by atoms with E-state index in [9.17, 15) is 0 Å². The molecule has 1 aliphatic carbocycles. The van der Waals surface area contributed by atoms with Crippen LogP contribution in [0.1, 0.15) is 26.2 Å². The molecule has 4 nitrogen and oxygen atoms in total. The summed E-state index contributed by atoms with van der Waals surface area (Å²) in [6, 6.07) is 7.78. The number of rotatable bonds is 2. The highest BCUT2D eigenvalue weighted by molar-refractivity contribution is 5.79. The predicted molar refractivity (Wildman–Crippen MR) is 69.8 cm³/mol. The van der Waals surface area contributed by atoms with Crippen LogP contribution >= 0.6 is 0 Å². The number of para-hydroxylation sites is 2. The Hall–Kier alpha value is -1.84. The summed E-state index contributed by atoms with van der Waals surface area (Å²) in [6.45, 7) is 2.20. The Morgan fingerprint density at radius 2 is 1.82 bits per heavy atom. The van der Waals surface area contributed by atoms with E-state index in [1.165, 1.54) is 19.3 Å². The van der Waals surface area contributed by atoms with Crippen LogP contribution < -0.4 is 11.1 Å². The van der Waals surface area contributed by atoms with Crippen molar-refractivity contribution in [2.75, 3.05) is 11.1 Å². The van der Waals surface area contributed by atoms with Crippen LogP contribution in [0.15, 0.2) is 24.3 Å². The molecule has 1 fully saturated rings. The zero-order valence-electron chi connectivity index (χ0n) is 9.90. The molecule has 0 spiro atoms. The topological polar surface area (TPSA) is 63.8 Å². The van der Waals surface area contributed by atoms with Crippen LogP contribution in [0.4, 0.5) is 11.6 Å². The molecule has 0 unspecified atom stereocenters. The minimum Gasteiger partial charge on any atom is -0.381 e. The average Bonchev–Trinajstić information content (AvgIpc) is 2.28. The van der Waals surface area contributed by atoms with Crippen LogP contribution in [0.3, 0.4) is 0 Å². The molecule has 1 aromatic heterocycles. The Morgan fingerprint density at radius 1 is 1.18 bits per heavy atom. The van der Waals surface area contributed by atoms with Gasteiger partial charge < -0.3 is 11.1 Å². The molecular formula is C13H16N4. The Kier molecular flexibility index (Phi) is 2.18. The van der Waals surface area contributed by atoms with Crippen molar-refractivity contribution in [3.63, 3.8) is 0 Å². The highest BCUT2D eigenvalue weighted by Gasteiger charge is 2.32. The number of hydrogen-bond donors (Lipinski definition) is 2. The average molecular weight is 228 g/mol. The maximum atomic E-state index is 5.94. The maximum absolute atomic E-state index is 5.94. The lowest BCUT2D eigenvalue weighted by Crippen LogP contribution is -2.42. The van der Waals surface area contributed by atoms with E-state index >= 15 is 0 Å². The van der Waals surface area contributed by atoms with Crippen LogP contribution in [-0.2, 0) is 0 Å². The summed E-state index contributed by atoms with van der Waals surface area (Å²) in [7, 11) is 0. The summed E-state index contributed by atoms with van der Waals surface area (Å²) < 4.78 is 0. The fraction of sp³-hybridized carbons (Fsp3) is 0.385. The van der Waals surface area contributed by atoms with Gasteiger partial charge in [-0.05, 0) is 38.3 Å². The summed E-state index contributed by atoms with van der Waals surface area (Å²) in [5.74, 6) is 1.20. The van der Waals surface area contributed by atoms with Gasteiger partial charge in [0, 0.05) is 5.54 Å². The minimum atomic E-state index is 0.144. The number of nitrogens with two attached hydrogens (primary N) is 1. The largest absolute Gasteiger partial charge is 0.381 e. The van der Waals surface area contributed by atoms with Crippen molar-refractivity contribution in [3.8, 4) is 0 Å². The molecule has 0 bridgehead atoms. The van der Waals surface area contributed by atoms with Gasteiger partial charge in [0.25, 0.3) is 0 Å². The molecule has 1 saturated carbocycles. The van der Waals surface area contributed by atoms with Crippen molar-refractivity contribution in [2.24, 2.45) is 0 Å². The molecule has 0 atom stereocenters. The van der Waals surface area contributed by atoms with Gasteiger partial charge in [0.2, 0.25) is 0 Å². The highest BCUT2D eigenvalue weighted by Crippen LogP contribution is 2.35. The molecule has 0 aliphatic heterocycles. The van der Waals surface area contributed by atoms with Gasteiger partial charge in [-0.3, -0.25) is 0 Å². The maximum Gasteiger partial charge on any atom is 0.169 e. The van der Waals surface area contributed by atoms with Crippen LogP contribution in [0.5, 0.6) is 0 Å². The summed E-state index contributed by atoms with van der Waals surface area (Å²) in [4.78, 5) is 8.91. The van der Waals surface area contributed by atoms with Crippen molar-refractivity contribution in [2.45, 2.75) is 31.7 Å². The molecule has 2 aromatic rings. The first-order valence-corrected chi connectivity index (χ1v) is 5.97. The van der Waals surface area contributed by atoms with E-state index in [2.05, 4.69) is 22.2 Å². The van der Waals surface area contributed by atoms with Crippen LogP contribution in [0.2, 0.25) is 0 Å². The number of aromatic nitrogens is 2. The van der Waals surface area contributed by atoms with Crippen molar-refractivity contribution in [1.29, 1.82) is 0 Å². The van der Waals surface area contributed by atoms with Gasteiger partial charge in [0.15, 0.2) is 11.6 Å². The lowest BCUT2D eigenvalue weighted by Gasteiger charge is -2.39. The lowest BCUT2D eigenvalue weighted by atomic mass is 9.78. The van der Waals surface area contributed by atoms with Crippen molar-refractivity contribution < 1.29 is 0 Å². The number of nitrogen functional groups attached to an aromatic ring is 1. The molecular weight excluding hydrogens is 212 g/mol. The van der Waals surface area contributed by atoms with E-state index < -0.39 is 0 Å². The van der Waals surface area contributed by atoms with Crippen LogP contribution in [0.25, 0.3) is 11.0 Å². The van der Waals surface area contributed by atoms with Crippen molar-refractivity contribution in [1.82, 2.24) is 9.97 Å². The molecule has 1 aliphatic rings. The normalized spacial score (nSPS) is 17.7. The standard InChI is InChI=1S/C13H16N4/c1-13(7-4-8-13)17-12-11(14)15-9-5-2-3-6-10(9)16-12/h2-3,5-6H,4,7-8H2,1H3,(H2,14,15)(H,16,17). The molecule has 4 heteroatoms.